The third-order valence-electron chi connectivity index (χ3n) is 2.21. The van der Waals surface area contributed by atoms with E-state index in [2.05, 4.69) is 20.8 Å². The van der Waals surface area contributed by atoms with Crippen LogP contribution >= 0.6 is 0 Å². The first kappa shape index (κ1) is 12.5. The van der Waals surface area contributed by atoms with Crippen molar-refractivity contribution in [3.63, 3.8) is 0 Å². The van der Waals surface area contributed by atoms with E-state index in [0.717, 1.165) is 0 Å². The second kappa shape index (κ2) is 4.73. The molecule has 93 valence electrons. The minimum absolute atomic E-state index is 0.0836. The van der Waals surface area contributed by atoms with Crippen molar-refractivity contribution in [2.75, 3.05) is 4.72 Å². The molecule has 2 rings (SSSR count). The Hall–Kier alpha value is -1.95. The average molecular weight is 262 g/mol. The van der Waals surface area contributed by atoms with E-state index in [1.165, 1.54) is 24.3 Å². The molecule has 1 N–H and O–H groups in total. The smallest absolute Gasteiger partial charge is 0.247 e. The zero-order chi connectivity index (χ0) is 13.2. The number of nitrogens with zero attached hydrogens (tertiary/aromatic N) is 2. The molecule has 0 aliphatic carbocycles. The second-order valence-electron chi connectivity index (χ2n) is 3.82. The number of anilines is 1. The summed E-state index contributed by atoms with van der Waals surface area (Å²) in [6.45, 7) is 3.56. The van der Waals surface area contributed by atoms with Crippen molar-refractivity contribution >= 4 is 16.0 Å². The van der Waals surface area contributed by atoms with Crippen LogP contribution in [0.2, 0.25) is 0 Å². The first-order valence-corrected chi connectivity index (χ1v) is 6.77. The maximum atomic E-state index is 12.0. The Balaban J connectivity index is 2.34. The Morgan fingerprint density at radius 3 is 2.22 bits per heavy atom. The maximum absolute atomic E-state index is 12.0. The molecule has 0 saturated heterocycles. The molecule has 1 heterocycles. The van der Waals surface area contributed by atoms with Crippen LogP contribution in [0.15, 0.2) is 35.2 Å². The molecule has 0 amide bonds. The number of benzene rings is 1. The molecule has 1 radical (unpaired) electrons. The van der Waals surface area contributed by atoms with Crippen LogP contribution in [0.4, 0.5) is 5.95 Å². The molecule has 0 unspecified atom stereocenters. The summed E-state index contributed by atoms with van der Waals surface area (Å²) in [6, 6.07) is 10.5. The normalized spacial score (nSPS) is 11.2. The molecule has 0 aliphatic rings. The fourth-order valence-electron chi connectivity index (χ4n) is 1.50. The molecule has 1 aromatic heterocycles. The fourth-order valence-corrected chi connectivity index (χ4v) is 2.45. The molecule has 5 nitrogen and oxygen atoms in total. The van der Waals surface area contributed by atoms with Gasteiger partial charge in [-0.3, -0.25) is 0 Å². The van der Waals surface area contributed by atoms with Crippen LogP contribution in [-0.2, 0) is 10.0 Å². The molecule has 0 atom stereocenters. The summed E-state index contributed by atoms with van der Waals surface area (Å²) in [4.78, 5) is 8.23. The minimum atomic E-state index is -3.64. The van der Waals surface area contributed by atoms with Crippen molar-refractivity contribution in [2.45, 2.75) is 18.7 Å². The quantitative estimate of drug-likeness (QED) is 0.913. The van der Waals surface area contributed by atoms with E-state index in [-0.39, 0.29) is 10.8 Å². The molecule has 18 heavy (non-hydrogen) atoms. The van der Waals surface area contributed by atoms with E-state index in [4.69, 9.17) is 0 Å². The van der Waals surface area contributed by atoms with Gasteiger partial charge < -0.3 is 0 Å². The molecule has 2 aromatic rings. The largest absolute Gasteiger partial charge is 0.264 e. The number of sulfonamides is 1. The number of nitrogens with one attached hydrogen (secondary N) is 1. The first-order chi connectivity index (χ1) is 8.47. The molecular weight excluding hydrogens is 250 g/mol. The predicted molar refractivity (Wildman–Crippen MR) is 67.6 cm³/mol. The van der Waals surface area contributed by atoms with Crippen LogP contribution in [0.3, 0.4) is 0 Å². The Morgan fingerprint density at radius 1 is 1.11 bits per heavy atom. The average Bonchev–Trinajstić information content (AvgIpc) is 2.28. The van der Waals surface area contributed by atoms with E-state index in [0.29, 0.717) is 11.4 Å². The number of hydrogen-bond donors (Lipinski definition) is 1. The van der Waals surface area contributed by atoms with E-state index in [1.54, 1.807) is 19.9 Å². The van der Waals surface area contributed by atoms with Crippen molar-refractivity contribution in [3.05, 3.63) is 47.8 Å². The zero-order valence-corrected chi connectivity index (χ0v) is 10.8. The highest BCUT2D eigenvalue weighted by molar-refractivity contribution is 7.92. The predicted octanol–water partition coefficient (Wildman–Crippen LogP) is 1.69. The highest BCUT2D eigenvalue weighted by Gasteiger charge is 2.15. The van der Waals surface area contributed by atoms with Crippen LogP contribution in [0.25, 0.3) is 0 Å². The second-order valence-corrected chi connectivity index (χ2v) is 5.50. The SMILES string of the molecule is Cc1cc(C)nc(NS(=O)(=O)c2cc[c]cc2)n1. The highest BCUT2D eigenvalue weighted by Crippen LogP contribution is 2.12. The molecule has 1 aromatic carbocycles. The number of hydrogen-bond acceptors (Lipinski definition) is 4. The molecule has 0 bridgehead atoms. The lowest BCUT2D eigenvalue weighted by molar-refractivity contribution is 0.600. The number of rotatable bonds is 3. The van der Waals surface area contributed by atoms with Crippen LogP contribution in [0, 0.1) is 19.9 Å². The van der Waals surface area contributed by atoms with Gasteiger partial charge in [0.2, 0.25) is 5.95 Å². The Morgan fingerprint density at radius 2 is 1.67 bits per heavy atom. The topological polar surface area (TPSA) is 72.0 Å². The summed E-state index contributed by atoms with van der Waals surface area (Å²) in [7, 11) is -3.64. The van der Waals surface area contributed by atoms with E-state index >= 15 is 0 Å². The van der Waals surface area contributed by atoms with Crippen LogP contribution < -0.4 is 4.72 Å². The van der Waals surface area contributed by atoms with Crippen molar-refractivity contribution in [2.24, 2.45) is 0 Å². The van der Waals surface area contributed by atoms with Gasteiger partial charge in [0.05, 0.1) is 4.90 Å². The summed E-state index contributed by atoms with van der Waals surface area (Å²) in [5.41, 5.74) is 1.42. The van der Waals surface area contributed by atoms with Crippen LogP contribution in [0.5, 0.6) is 0 Å². The van der Waals surface area contributed by atoms with Gasteiger partial charge in [0.25, 0.3) is 10.0 Å². The molecular formula is C12H12N3O2S. The third kappa shape index (κ3) is 2.84. The van der Waals surface area contributed by atoms with E-state index in [1.807, 2.05) is 0 Å². The molecule has 0 spiro atoms. The summed E-state index contributed by atoms with van der Waals surface area (Å²) in [5.74, 6) is 0.0836. The van der Waals surface area contributed by atoms with Gasteiger partial charge in [-0.15, -0.1) is 0 Å². The van der Waals surface area contributed by atoms with Gasteiger partial charge in [0.15, 0.2) is 0 Å². The van der Waals surface area contributed by atoms with Gasteiger partial charge in [0, 0.05) is 11.4 Å². The maximum Gasteiger partial charge on any atom is 0.264 e. The Kier molecular flexibility index (Phi) is 3.29. The summed E-state index contributed by atoms with van der Waals surface area (Å²) < 4.78 is 26.4. The standard InChI is InChI=1S/C12H12N3O2S/c1-9-8-10(2)14-12(13-9)15-18(16,17)11-6-4-3-5-7-11/h4-8H,1-2H3,(H,13,14,15). The number of aryl methyl sites for hydroxylation is 2. The Labute approximate surface area is 106 Å². The van der Waals surface area contributed by atoms with Gasteiger partial charge in [0.1, 0.15) is 0 Å². The monoisotopic (exact) mass is 262 g/mol. The summed E-state index contributed by atoms with van der Waals surface area (Å²) in [5, 5.41) is 0. The fraction of sp³-hybridized carbons (Fsp3) is 0.167. The van der Waals surface area contributed by atoms with Gasteiger partial charge in [-0.25, -0.2) is 23.1 Å². The lowest BCUT2D eigenvalue weighted by Gasteiger charge is -2.07. The highest BCUT2D eigenvalue weighted by atomic mass is 32.2. The van der Waals surface area contributed by atoms with Gasteiger partial charge in [-0.05, 0) is 38.1 Å². The zero-order valence-electron chi connectivity index (χ0n) is 10.0. The van der Waals surface area contributed by atoms with Crippen LogP contribution in [-0.4, -0.2) is 18.4 Å². The van der Waals surface area contributed by atoms with E-state index < -0.39 is 10.0 Å². The van der Waals surface area contributed by atoms with Crippen molar-refractivity contribution in [1.29, 1.82) is 0 Å². The number of aromatic nitrogens is 2. The van der Waals surface area contributed by atoms with Gasteiger partial charge in [-0.2, -0.15) is 0 Å². The third-order valence-corrected chi connectivity index (χ3v) is 3.55. The molecule has 6 heteroatoms. The molecule has 0 fully saturated rings. The first-order valence-electron chi connectivity index (χ1n) is 5.28. The lowest BCUT2D eigenvalue weighted by Crippen LogP contribution is -2.15. The molecule has 0 saturated carbocycles. The van der Waals surface area contributed by atoms with Crippen molar-refractivity contribution < 1.29 is 8.42 Å². The lowest BCUT2D eigenvalue weighted by atomic mass is 10.4. The summed E-state index contributed by atoms with van der Waals surface area (Å²) >= 11 is 0. The van der Waals surface area contributed by atoms with Crippen LogP contribution in [0.1, 0.15) is 11.4 Å². The van der Waals surface area contributed by atoms with Gasteiger partial charge in [-0.1, -0.05) is 12.1 Å². The minimum Gasteiger partial charge on any atom is -0.247 e. The van der Waals surface area contributed by atoms with Crippen molar-refractivity contribution in [1.82, 2.24) is 9.97 Å². The Bertz CT molecular complexity index is 634. The van der Waals surface area contributed by atoms with Gasteiger partial charge >= 0.3 is 0 Å². The van der Waals surface area contributed by atoms with E-state index in [9.17, 15) is 8.42 Å². The van der Waals surface area contributed by atoms with Crippen molar-refractivity contribution in [3.8, 4) is 0 Å². The summed E-state index contributed by atoms with van der Waals surface area (Å²) in [6.07, 6.45) is 0. The molecule has 0 aliphatic heterocycles.